The minimum absolute atomic E-state index is 0.688. The first-order chi connectivity index (χ1) is 12.7. The molecule has 1 saturated heterocycles. The SMILES string of the molecule is COc1ccc(CCN2CCN(CCOc3ccccc3)CC2)cc1Cl. The van der Waals surface area contributed by atoms with E-state index in [0.29, 0.717) is 5.02 Å². The van der Waals surface area contributed by atoms with Crippen LogP contribution < -0.4 is 9.47 Å². The molecule has 5 heteroatoms. The summed E-state index contributed by atoms with van der Waals surface area (Å²) >= 11 is 6.21. The van der Waals surface area contributed by atoms with Gasteiger partial charge in [0.1, 0.15) is 18.1 Å². The van der Waals surface area contributed by atoms with Gasteiger partial charge in [0.2, 0.25) is 0 Å². The predicted molar refractivity (Wildman–Crippen MR) is 107 cm³/mol. The molecule has 1 fully saturated rings. The van der Waals surface area contributed by atoms with Crippen molar-refractivity contribution in [2.24, 2.45) is 0 Å². The fourth-order valence-corrected chi connectivity index (χ4v) is 3.48. The van der Waals surface area contributed by atoms with Gasteiger partial charge >= 0.3 is 0 Å². The quantitative estimate of drug-likeness (QED) is 0.705. The summed E-state index contributed by atoms with van der Waals surface area (Å²) in [6.45, 7) is 7.20. The molecule has 0 aromatic heterocycles. The van der Waals surface area contributed by atoms with Crippen LogP contribution in [-0.4, -0.2) is 62.8 Å². The van der Waals surface area contributed by atoms with E-state index in [4.69, 9.17) is 21.1 Å². The number of para-hydroxylation sites is 1. The van der Waals surface area contributed by atoms with Crippen molar-refractivity contribution in [1.29, 1.82) is 0 Å². The van der Waals surface area contributed by atoms with Crippen LogP contribution in [0.2, 0.25) is 5.02 Å². The smallest absolute Gasteiger partial charge is 0.137 e. The molecular weight excluding hydrogens is 348 g/mol. The number of hydrogen-bond donors (Lipinski definition) is 0. The molecule has 1 aliphatic heterocycles. The van der Waals surface area contributed by atoms with E-state index in [-0.39, 0.29) is 0 Å². The highest BCUT2D eigenvalue weighted by molar-refractivity contribution is 6.32. The summed E-state index contributed by atoms with van der Waals surface area (Å²) in [7, 11) is 1.64. The minimum atomic E-state index is 0.688. The van der Waals surface area contributed by atoms with Crippen LogP contribution in [0.25, 0.3) is 0 Å². The van der Waals surface area contributed by atoms with Crippen LogP contribution in [0.1, 0.15) is 5.56 Å². The Kier molecular flexibility index (Phi) is 7.18. The lowest BCUT2D eigenvalue weighted by Crippen LogP contribution is -2.47. The molecule has 140 valence electrons. The molecule has 3 rings (SSSR count). The Morgan fingerprint density at radius 2 is 1.62 bits per heavy atom. The topological polar surface area (TPSA) is 24.9 Å². The first-order valence-electron chi connectivity index (χ1n) is 9.19. The Hall–Kier alpha value is -1.75. The maximum Gasteiger partial charge on any atom is 0.137 e. The molecule has 1 aliphatic rings. The Morgan fingerprint density at radius 3 is 2.27 bits per heavy atom. The first-order valence-corrected chi connectivity index (χ1v) is 9.57. The van der Waals surface area contributed by atoms with Crippen molar-refractivity contribution >= 4 is 11.6 Å². The second-order valence-corrected chi connectivity index (χ2v) is 6.97. The Labute approximate surface area is 161 Å². The van der Waals surface area contributed by atoms with Crippen LogP contribution in [-0.2, 0) is 6.42 Å². The van der Waals surface area contributed by atoms with Crippen LogP contribution >= 0.6 is 11.6 Å². The van der Waals surface area contributed by atoms with Gasteiger partial charge in [0.15, 0.2) is 0 Å². The average Bonchev–Trinajstić information content (AvgIpc) is 2.68. The molecule has 0 aliphatic carbocycles. The zero-order valence-corrected chi connectivity index (χ0v) is 16.1. The molecule has 0 spiro atoms. The third-order valence-corrected chi connectivity index (χ3v) is 5.11. The van der Waals surface area contributed by atoms with Gasteiger partial charge in [-0.05, 0) is 36.2 Å². The number of methoxy groups -OCH3 is 1. The van der Waals surface area contributed by atoms with E-state index in [9.17, 15) is 0 Å². The Bertz CT molecular complexity index is 673. The zero-order chi connectivity index (χ0) is 18.2. The van der Waals surface area contributed by atoms with E-state index in [0.717, 1.165) is 63.8 Å². The van der Waals surface area contributed by atoms with Gasteiger partial charge in [-0.3, -0.25) is 4.90 Å². The molecule has 0 unspecified atom stereocenters. The number of ether oxygens (including phenoxy) is 2. The first kappa shape index (κ1) is 19.0. The molecule has 26 heavy (non-hydrogen) atoms. The summed E-state index contributed by atoms with van der Waals surface area (Å²) in [4.78, 5) is 5.00. The Morgan fingerprint density at radius 1 is 0.923 bits per heavy atom. The highest BCUT2D eigenvalue weighted by Gasteiger charge is 2.16. The Balaban J connectivity index is 1.34. The van der Waals surface area contributed by atoms with Gasteiger partial charge in [-0.2, -0.15) is 0 Å². The van der Waals surface area contributed by atoms with Crippen LogP contribution in [0.4, 0.5) is 0 Å². The second kappa shape index (κ2) is 9.81. The molecular formula is C21H27ClN2O2. The molecule has 0 radical (unpaired) electrons. The van der Waals surface area contributed by atoms with Crippen LogP contribution in [0.15, 0.2) is 48.5 Å². The molecule has 0 N–H and O–H groups in total. The van der Waals surface area contributed by atoms with Crippen molar-refractivity contribution < 1.29 is 9.47 Å². The van der Waals surface area contributed by atoms with Crippen LogP contribution in [0.3, 0.4) is 0 Å². The average molecular weight is 375 g/mol. The summed E-state index contributed by atoms with van der Waals surface area (Å²) in [6, 6.07) is 16.1. The van der Waals surface area contributed by atoms with Crippen molar-refractivity contribution in [2.45, 2.75) is 6.42 Å². The number of halogens is 1. The number of hydrogen-bond acceptors (Lipinski definition) is 4. The number of benzene rings is 2. The summed E-state index contributed by atoms with van der Waals surface area (Å²) in [6.07, 6.45) is 1.01. The normalized spacial score (nSPS) is 15.8. The van der Waals surface area contributed by atoms with Crippen LogP contribution in [0, 0.1) is 0 Å². The molecule has 1 heterocycles. The van der Waals surface area contributed by atoms with Gasteiger partial charge in [-0.1, -0.05) is 35.9 Å². The monoisotopic (exact) mass is 374 g/mol. The summed E-state index contributed by atoms with van der Waals surface area (Å²) < 4.78 is 11.0. The summed E-state index contributed by atoms with van der Waals surface area (Å²) in [5.41, 5.74) is 1.26. The van der Waals surface area contributed by atoms with Gasteiger partial charge in [-0.15, -0.1) is 0 Å². The van der Waals surface area contributed by atoms with Crippen molar-refractivity contribution in [3.05, 3.63) is 59.1 Å². The fourth-order valence-electron chi connectivity index (χ4n) is 3.20. The van der Waals surface area contributed by atoms with E-state index in [1.807, 2.05) is 42.5 Å². The van der Waals surface area contributed by atoms with Crippen molar-refractivity contribution in [3.8, 4) is 11.5 Å². The van der Waals surface area contributed by atoms with E-state index in [1.165, 1.54) is 5.56 Å². The lowest BCUT2D eigenvalue weighted by molar-refractivity contribution is 0.118. The van der Waals surface area contributed by atoms with Gasteiger partial charge in [0.05, 0.1) is 12.1 Å². The fraction of sp³-hybridized carbons (Fsp3) is 0.429. The molecule has 0 bridgehead atoms. The predicted octanol–water partition coefficient (Wildman–Crippen LogP) is 3.59. The van der Waals surface area contributed by atoms with E-state index < -0.39 is 0 Å². The largest absolute Gasteiger partial charge is 0.495 e. The lowest BCUT2D eigenvalue weighted by atomic mass is 10.1. The molecule has 2 aromatic carbocycles. The maximum atomic E-state index is 6.21. The highest BCUT2D eigenvalue weighted by Crippen LogP contribution is 2.25. The van der Waals surface area contributed by atoms with Crippen molar-refractivity contribution in [3.63, 3.8) is 0 Å². The van der Waals surface area contributed by atoms with Crippen molar-refractivity contribution in [2.75, 3.05) is 53.0 Å². The van der Waals surface area contributed by atoms with E-state index in [2.05, 4.69) is 15.9 Å². The molecule has 2 aromatic rings. The standard InChI is InChI=1S/C21H27ClN2O2/c1-25-21-8-7-18(17-20(21)22)9-10-23-11-13-24(14-12-23)15-16-26-19-5-3-2-4-6-19/h2-8,17H,9-16H2,1H3. The van der Waals surface area contributed by atoms with E-state index in [1.54, 1.807) is 7.11 Å². The number of nitrogens with zero attached hydrogens (tertiary/aromatic N) is 2. The van der Waals surface area contributed by atoms with Crippen LogP contribution in [0.5, 0.6) is 11.5 Å². The number of rotatable bonds is 8. The molecule has 0 atom stereocenters. The zero-order valence-electron chi connectivity index (χ0n) is 15.4. The molecule has 0 saturated carbocycles. The summed E-state index contributed by atoms with van der Waals surface area (Å²) in [5, 5.41) is 0.688. The van der Waals surface area contributed by atoms with Gasteiger partial charge < -0.3 is 14.4 Å². The van der Waals surface area contributed by atoms with Crippen molar-refractivity contribution in [1.82, 2.24) is 9.80 Å². The third-order valence-electron chi connectivity index (χ3n) is 4.82. The summed E-state index contributed by atoms with van der Waals surface area (Å²) in [5.74, 6) is 1.69. The molecule has 0 amide bonds. The van der Waals surface area contributed by atoms with Gasteiger partial charge in [0, 0.05) is 39.3 Å². The lowest BCUT2D eigenvalue weighted by Gasteiger charge is -2.34. The minimum Gasteiger partial charge on any atom is -0.495 e. The maximum absolute atomic E-state index is 6.21. The highest BCUT2D eigenvalue weighted by atomic mass is 35.5. The third kappa shape index (κ3) is 5.63. The van der Waals surface area contributed by atoms with E-state index >= 15 is 0 Å². The molecule has 4 nitrogen and oxygen atoms in total. The van der Waals surface area contributed by atoms with Gasteiger partial charge in [-0.25, -0.2) is 0 Å². The number of piperazine rings is 1. The van der Waals surface area contributed by atoms with Gasteiger partial charge in [0.25, 0.3) is 0 Å². The second-order valence-electron chi connectivity index (χ2n) is 6.56.